The molecule has 0 radical (unpaired) electrons. The molecule has 0 unspecified atom stereocenters. The zero-order valence-corrected chi connectivity index (χ0v) is 19.5. The molecule has 8 nitrogen and oxygen atoms in total. The van der Waals surface area contributed by atoms with Gasteiger partial charge in [0.05, 0.1) is 27.6 Å². The highest BCUT2D eigenvalue weighted by Crippen LogP contribution is 2.32. The molecule has 0 aliphatic rings. The zero-order valence-electron chi connectivity index (χ0n) is 17.9. The number of amides is 1. The number of nitrogens with zero attached hydrogens (tertiary/aromatic N) is 3. The minimum Gasteiger partial charge on any atom is -0.492 e. The van der Waals surface area contributed by atoms with Crippen LogP contribution in [0.3, 0.4) is 0 Å². The highest BCUT2D eigenvalue weighted by Gasteiger charge is 2.19. The quantitative estimate of drug-likeness (QED) is 0.374. The lowest BCUT2D eigenvalue weighted by atomic mass is 10.3. The molecule has 2 heterocycles. The largest absolute Gasteiger partial charge is 0.492 e. The van der Waals surface area contributed by atoms with E-state index in [9.17, 15) is 17.6 Å². The van der Waals surface area contributed by atoms with Crippen molar-refractivity contribution in [1.82, 2.24) is 14.8 Å². The van der Waals surface area contributed by atoms with Crippen molar-refractivity contribution in [1.29, 1.82) is 0 Å². The third kappa shape index (κ3) is 5.04. The molecule has 2 aromatic heterocycles. The molecule has 0 atom stereocenters. The number of carbonyl (C=O) groups is 1. The fraction of sp³-hybridized carbons (Fsp3) is 0.227. The van der Waals surface area contributed by atoms with Crippen LogP contribution in [0.5, 0.6) is 5.75 Å². The van der Waals surface area contributed by atoms with Crippen LogP contribution < -0.4 is 10.1 Å². The molecule has 1 N–H and O–H groups in total. The van der Waals surface area contributed by atoms with Gasteiger partial charge in [0.15, 0.2) is 9.84 Å². The van der Waals surface area contributed by atoms with Crippen LogP contribution in [0.15, 0.2) is 53.4 Å². The van der Waals surface area contributed by atoms with Gasteiger partial charge in [0.1, 0.15) is 22.9 Å². The first-order valence-electron chi connectivity index (χ1n) is 10.1. The molecule has 0 fully saturated rings. The summed E-state index contributed by atoms with van der Waals surface area (Å²) in [6.07, 6.45) is -0.266. The van der Waals surface area contributed by atoms with Gasteiger partial charge < -0.3 is 10.1 Å². The summed E-state index contributed by atoms with van der Waals surface area (Å²) in [7, 11) is -3.72. The van der Waals surface area contributed by atoms with Gasteiger partial charge in [-0.15, -0.1) is 0 Å². The minimum absolute atomic E-state index is 0.0304. The van der Waals surface area contributed by atoms with E-state index < -0.39 is 27.3 Å². The van der Waals surface area contributed by atoms with Gasteiger partial charge in [-0.3, -0.25) is 4.79 Å². The van der Waals surface area contributed by atoms with Crippen LogP contribution in [-0.2, 0) is 14.6 Å². The standard InChI is InChI=1S/C22H21FN4O4S2/c1-3-31-17-5-4-6-18-21(17)25-22(32-18)27-19(13-14(2)26-27)24-20(28)11-12-33(29,30)16-9-7-15(23)8-10-16/h4-10,13H,3,11-12H2,1-2H3,(H,24,28). The number of nitrogens with one attached hydrogen (secondary N) is 1. The van der Waals surface area contributed by atoms with Crippen LogP contribution >= 0.6 is 11.3 Å². The van der Waals surface area contributed by atoms with Crippen molar-refractivity contribution in [3.05, 3.63) is 60.0 Å². The second-order valence-corrected chi connectivity index (χ2v) is 10.3. The first kappa shape index (κ1) is 22.9. The predicted molar refractivity (Wildman–Crippen MR) is 124 cm³/mol. The van der Waals surface area contributed by atoms with Gasteiger partial charge in [-0.2, -0.15) is 9.78 Å². The Morgan fingerprint density at radius 2 is 1.97 bits per heavy atom. The Morgan fingerprint density at radius 3 is 2.70 bits per heavy atom. The molecule has 0 spiro atoms. The van der Waals surface area contributed by atoms with Gasteiger partial charge in [0, 0.05) is 12.5 Å². The number of hydrogen-bond donors (Lipinski definition) is 1. The van der Waals surface area contributed by atoms with Gasteiger partial charge >= 0.3 is 0 Å². The van der Waals surface area contributed by atoms with Crippen molar-refractivity contribution in [2.45, 2.75) is 25.2 Å². The summed E-state index contributed by atoms with van der Waals surface area (Å²) in [6, 6.07) is 11.8. The van der Waals surface area contributed by atoms with Crippen molar-refractivity contribution in [3.63, 3.8) is 0 Å². The van der Waals surface area contributed by atoms with Gasteiger partial charge in [-0.25, -0.2) is 17.8 Å². The number of halogens is 1. The van der Waals surface area contributed by atoms with Crippen LogP contribution in [0.4, 0.5) is 10.2 Å². The fourth-order valence-electron chi connectivity index (χ4n) is 3.20. The number of hydrogen-bond acceptors (Lipinski definition) is 7. The number of aryl methyl sites for hydroxylation is 1. The number of sulfone groups is 1. The molecule has 0 saturated carbocycles. The zero-order chi connectivity index (χ0) is 23.6. The number of ether oxygens (including phenoxy) is 1. The maximum absolute atomic E-state index is 13.1. The number of benzene rings is 2. The average molecular weight is 489 g/mol. The van der Waals surface area contributed by atoms with E-state index in [1.165, 1.54) is 28.2 Å². The van der Waals surface area contributed by atoms with E-state index in [4.69, 9.17) is 4.74 Å². The molecule has 33 heavy (non-hydrogen) atoms. The lowest BCUT2D eigenvalue weighted by Crippen LogP contribution is -2.19. The molecule has 0 aliphatic carbocycles. The number of fused-ring (bicyclic) bond motifs is 1. The predicted octanol–water partition coefficient (Wildman–Crippen LogP) is 4.13. The number of para-hydroxylation sites is 1. The molecular formula is C22H21FN4O4S2. The van der Waals surface area contributed by atoms with E-state index in [0.29, 0.717) is 34.5 Å². The van der Waals surface area contributed by atoms with Gasteiger partial charge in [-0.1, -0.05) is 17.4 Å². The molecule has 11 heteroatoms. The van der Waals surface area contributed by atoms with E-state index in [0.717, 1.165) is 16.8 Å². The van der Waals surface area contributed by atoms with E-state index in [2.05, 4.69) is 15.4 Å². The Bertz CT molecular complexity index is 1410. The third-order valence-corrected chi connectivity index (χ3v) is 7.45. The number of rotatable bonds is 8. The van der Waals surface area contributed by atoms with E-state index in [1.54, 1.807) is 13.0 Å². The molecule has 0 aliphatic heterocycles. The molecule has 1 amide bonds. The molecule has 172 valence electrons. The maximum Gasteiger partial charge on any atom is 0.226 e. The Kier molecular flexibility index (Phi) is 6.43. The number of anilines is 1. The molecule has 4 rings (SSSR count). The van der Waals surface area contributed by atoms with E-state index >= 15 is 0 Å². The first-order valence-corrected chi connectivity index (χ1v) is 12.6. The summed E-state index contributed by atoms with van der Waals surface area (Å²) in [6.45, 7) is 4.19. The summed E-state index contributed by atoms with van der Waals surface area (Å²) in [5.74, 6) is -0.376. The van der Waals surface area contributed by atoms with Gasteiger partial charge in [0.2, 0.25) is 11.0 Å². The average Bonchev–Trinajstić information content (AvgIpc) is 3.36. The summed E-state index contributed by atoms with van der Waals surface area (Å²) in [4.78, 5) is 17.1. The second-order valence-electron chi connectivity index (χ2n) is 7.19. The summed E-state index contributed by atoms with van der Waals surface area (Å²) in [5, 5.41) is 7.69. The molecule has 0 bridgehead atoms. The lowest BCUT2D eigenvalue weighted by molar-refractivity contribution is -0.115. The Hall–Kier alpha value is -3.31. The minimum atomic E-state index is -3.72. The van der Waals surface area contributed by atoms with Crippen LogP contribution in [0.25, 0.3) is 15.3 Å². The summed E-state index contributed by atoms with van der Waals surface area (Å²) < 4.78 is 46.0. The molecule has 0 saturated heterocycles. The van der Waals surface area contributed by atoms with E-state index in [1.807, 2.05) is 25.1 Å². The van der Waals surface area contributed by atoms with Crippen molar-refractivity contribution >= 4 is 43.1 Å². The highest BCUT2D eigenvalue weighted by molar-refractivity contribution is 7.91. The number of aromatic nitrogens is 3. The maximum atomic E-state index is 13.1. The Labute approximate surface area is 194 Å². The van der Waals surface area contributed by atoms with Crippen molar-refractivity contribution in [2.75, 3.05) is 17.7 Å². The highest BCUT2D eigenvalue weighted by atomic mass is 32.2. The summed E-state index contributed by atoms with van der Waals surface area (Å²) in [5.41, 5.74) is 1.36. The van der Waals surface area contributed by atoms with Crippen LogP contribution in [0, 0.1) is 12.7 Å². The van der Waals surface area contributed by atoms with Crippen molar-refractivity contribution in [2.24, 2.45) is 0 Å². The van der Waals surface area contributed by atoms with Crippen LogP contribution in [0.2, 0.25) is 0 Å². The van der Waals surface area contributed by atoms with Gasteiger partial charge in [0.25, 0.3) is 0 Å². The topological polar surface area (TPSA) is 103 Å². The van der Waals surface area contributed by atoms with Crippen LogP contribution in [0.1, 0.15) is 19.0 Å². The molecular weight excluding hydrogens is 467 g/mol. The fourth-order valence-corrected chi connectivity index (χ4v) is 5.39. The normalized spacial score (nSPS) is 11.6. The molecule has 4 aromatic rings. The van der Waals surface area contributed by atoms with E-state index in [-0.39, 0.29) is 11.3 Å². The van der Waals surface area contributed by atoms with Crippen molar-refractivity contribution in [3.8, 4) is 10.9 Å². The third-order valence-electron chi connectivity index (χ3n) is 4.72. The lowest BCUT2D eigenvalue weighted by Gasteiger charge is -2.07. The van der Waals surface area contributed by atoms with Crippen LogP contribution in [-0.4, -0.2) is 41.4 Å². The Morgan fingerprint density at radius 1 is 1.21 bits per heavy atom. The second kappa shape index (κ2) is 9.28. The number of carbonyl (C=O) groups excluding carboxylic acids is 1. The van der Waals surface area contributed by atoms with Gasteiger partial charge in [-0.05, 0) is 50.2 Å². The smallest absolute Gasteiger partial charge is 0.226 e. The summed E-state index contributed by atoms with van der Waals surface area (Å²) >= 11 is 1.39. The monoisotopic (exact) mass is 488 g/mol. The molecule has 2 aromatic carbocycles. The number of thiazole rings is 1. The van der Waals surface area contributed by atoms with Crippen molar-refractivity contribution < 1.29 is 22.3 Å². The SMILES string of the molecule is CCOc1cccc2sc(-n3nc(C)cc3NC(=O)CCS(=O)(=O)c3ccc(F)cc3)nc12. The Balaban J connectivity index is 1.52. The first-order chi connectivity index (χ1) is 15.8.